The highest BCUT2D eigenvalue weighted by Crippen LogP contribution is 2.40. The molecule has 0 bridgehead atoms. The number of fused-ring (bicyclic) bond motifs is 1. The first-order chi connectivity index (χ1) is 13.2. The summed E-state index contributed by atoms with van der Waals surface area (Å²) in [4.78, 5) is 26.8. The van der Waals surface area contributed by atoms with Gasteiger partial charge in [0.25, 0.3) is 5.91 Å². The average Bonchev–Trinajstić information content (AvgIpc) is 2.68. The molecular weight excluding hydrogens is 358 g/mol. The number of aliphatic hydroxyl groups is 1. The van der Waals surface area contributed by atoms with Crippen molar-refractivity contribution in [3.8, 4) is 11.5 Å². The summed E-state index contributed by atoms with van der Waals surface area (Å²) < 4.78 is 11.2. The number of hydrogen-bond acceptors (Lipinski definition) is 5. The zero-order valence-corrected chi connectivity index (χ0v) is 16.6. The number of nitrogens with zero attached hydrogens (tertiary/aromatic N) is 1. The SMILES string of the molecule is COc1ccc(CN2C(=O)C(C(C)(C)C)Oc3ccc(C(=O)CO)cc32)cc1. The highest BCUT2D eigenvalue weighted by atomic mass is 16.5. The molecule has 0 radical (unpaired) electrons. The van der Waals surface area contributed by atoms with Gasteiger partial charge < -0.3 is 19.5 Å². The molecule has 1 heterocycles. The Labute approximate surface area is 164 Å². The Morgan fingerprint density at radius 2 is 1.86 bits per heavy atom. The molecule has 1 amide bonds. The maximum Gasteiger partial charge on any atom is 0.269 e. The number of hydrogen-bond donors (Lipinski definition) is 1. The highest BCUT2D eigenvalue weighted by Gasteiger charge is 2.41. The number of Topliss-reactive ketones (excluding diaryl/α,β-unsaturated/α-hetero) is 1. The van der Waals surface area contributed by atoms with Crippen molar-refractivity contribution in [2.75, 3.05) is 18.6 Å². The summed E-state index contributed by atoms with van der Waals surface area (Å²) in [6, 6.07) is 12.4. The van der Waals surface area contributed by atoms with Crippen LogP contribution < -0.4 is 14.4 Å². The molecule has 0 aliphatic carbocycles. The van der Waals surface area contributed by atoms with Gasteiger partial charge in [-0.25, -0.2) is 0 Å². The van der Waals surface area contributed by atoms with Crippen LogP contribution in [0.2, 0.25) is 0 Å². The molecule has 6 heteroatoms. The molecule has 0 saturated heterocycles. The summed E-state index contributed by atoms with van der Waals surface area (Å²) in [6.45, 7) is 5.61. The zero-order chi connectivity index (χ0) is 20.5. The molecule has 1 N–H and O–H groups in total. The number of methoxy groups -OCH3 is 1. The van der Waals surface area contributed by atoms with E-state index in [0.717, 1.165) is 11.3 Å². The third kappa shape index (κ3) is 3.87. The molecule has 2 aromatic carbocycles. The number of aliphatic hydroxyl groups excluding tert-OH is 1. The van der Waals surface area contributed by atoms with E-state index in [-0.39, 0.29) is 5.91 Å². The van der Waals surface area contributed by atoms with Crippen LogP contribution in [0, 0.1) is 5.41 Å². The minimum absolute atomic E-state index is 0.163. The molecule has 148 valence electrons. The fraction of sp³-hybridized carbons (Fsp3) is 0.364. The second kappa shape index (κ2) is 7.64. The van der Waals surface area contributed by atoms with Crippen LogP contribution in [0.1, 0.15) is 36.7 Å². The van der Waals surface area contributed by atoms with Gasteiger partial charge in [0, 0.05) is 11.0 Å². The summed E-state index contributed by atoms with van der Waals surface area (Å²) in [5, 5.41) is 9.17. The van der Waals surface area contributed by atoms with Crippen LogP contribution in [0.5, 0.6) is 11.5 Å². The van der Waals surface area contributed by atoms with Crippen LogP contribution in [-0.2, 0) is 11.3 Å². The van der Waals surface area contributed by atoms with Crippen LogP contribution in [-0.4, -0.2) is 36.6 Å². The topological polar surface area (TPSA) is 76.1 Å². The van der Waals surface area contributed by atoms with Crippen LogP contribution >= 0.6 is 0 Å². The monoisotopic (exact) mass is 383 g/mol. The standard InChI is InChI=1S/C22H25NO5/c1-22(2,3)20-21(26)23(12-14-5-8-16(27-4)9-6-14)17-11-15(18(25)13-24)7-10-19(17)28-20/h5-11,20,24H,12-13H2,1-4H3. The van der Waals surface area contributed by atoms with Crippen molar-refractivity contribution in [3.63, 3.8) is 0 Å². The Kier molecular flexibility index (Phi) is 5.42. The molecule has 0 saturated carbocycles. The van der Waals surface area contributed by atoms with Crippen LogP contribution in [0.15, 0.2) is 42.5 Å². The molecule has 1 unspecified atom stereocenters. The fourth-order valence-corrected chi connectivity index (χ4v) is 3.15. The fourth-order valence-electron chi connectivity index (χ4n) is 3.15. The first-order valence-corrected chi connectivity index (χ1v) is 9.13. The minimum atomic E-state index is -0.641. The van der Waals surface area contributed by atoms with Crippen molar-refractivity contribution < 1.29 is 24.2 Å². The predicted molar refractivity (Wildman–Crippen MR) is 106 cm³/mol. The number of ketones is 1. The van der Waals surface area contributed by atoms with Crippen LogP contribution in [0.4, 0.5) is 5.69 Å². The minimum Gasteiger partial charge on any atom is -0.497 e. The molecule has 0 fully saturated rings. The number of carbonyl (C=O) groups excluding carboxylic acids is 2. The van der Waals surface area contributed by atoms with Crippen molar-refractivity contribution in [1.82, 2.24) is 0 Å². The lowest BCUT2D eigenvalue weighted by molar-refractivity contribution is -0.131. The molecule has 3 rings (SSSR count). The summed E-state index contributed by atoms with van der Waals surface area (Å²) in [6.07, 6.45) is -0.641. The summed E-state index contributed by atoms with van der Waals surface area (Å²) in [5.74, 6) is 0.713. The van der Waals surface area contributed by atoms with E-state index in [4.69, 9.17) is 9.47 Å². The average molecular weight is 383 g/mol. The Morgan fingerprint density at radius 1 is 1.18 bits per heavy atom. The number of ether oxygens (including phenoxy) is 2. The summed E-state index contributed by atoms with van der Waals surface area (Å²) in [5.41, 5.74) is 1.40. The lowest BCUT2D eigenvalue weighted by atomic mass is 9.87. The van der Waals surface area contributed by atoms with E-state index >= 15 is 0 Å². The Morgan fingerprint density at radius 3 is 2.43 bits per heavy atom. The van der Waals surface area contributed by atoms with Crippen LogP contribution in [0.3, 0.4) is 0 Å². The number of anilines is 1. The normalized spacial score (nSPS) is 16.4. The molecular formula is C22H25NO5. The number of amides is 1. The predicted octanol–water partition coefficient (Wildman–Crippen LogP) is 3.21. The number of benzene rings is 2. The van der Waals surface area contributed by atoms with Crippen molar-refractivity contribution in [1.29, 1.82) is 0 Å². The smallest absolute Gasteiger partial charge is 0.269 e. The third-order valence-corrected chi connectivity index (χ3v) is 4.74. The molecule has 0 aromatic heterocycles. The molecule has 1 aliphatic rings. The van der Waals surface area contributed by atoms with E-state index in [0.29, 0.717) is 23.5 Å². The molecule has 2 aromatic rings. The number of carbonyl (C=O) groups is 2. The second-order valence-corrected chi connectivity index (χ2v) is 7.90. The van der Waals surface area contributed by atoms with Crippen molar-refractivity contribution in [2.45, 2.75) is 33.4 Å². The Balaban J connectivity index is 2.03. The van der Waals surface area contributed by atoms with E-state index in [2.05, 4.69) is 0 Å². The molecule has 1 atom stereocenters. The van der Waals surface area contributed by atoms with E-state index in [1.807, 2.05) is 45.0 Å². The van der Waals surface area contributed by atoms with Gasteiger partial charge in [0.05, 0.1) is 19.3 Å². The van der Waals surface area contributed by atoms with E-state index in [9.17, 15) is 14.7 Å². The molecule has 0 spiro atoms. The lowest BCUT2D eigenvalue weighted by Crippen LogP contribution is -2.51. The maximum absolute atomic E-state index is 13.3. The van der Waals surface area contributed by atoms with Gasteiger partial charge in [0.15, 0.2) is 11.9 Å². The van der Waals surface area contributed by atoms with Gasteiger partial charge in [-0.3, -0.25) is 9.59 Å². The lowest BCUT2D eigenvalue weighted by Gasteiger charge is -2.40. The van der Waals surface area contributed by atoms with Crippen LogP contribution in [0.25, 0.3) is 0 Å². The molecule has 28 heavy (non-hydrogen) atoms. The number of rotatable bonds is 5. The van der Waals surface area contributed by atoms with Gasteiger partial charge in [-0.2, -0.15) is 0 Å². The van der Waals surface area contributed by atoms with E-state index in [1.54, 1.807) is 30.2 Å². The quantitative estimate of drug-likeness (QED) is 0.803. The Hall–Kier alpha value is -2.86. The van der Waals surface area contributed by atoms with Gasteiger partial charge >= 0.3 is 0 Å². The zero-order valence-electron chi connectivity index (χ0n) is 16.6. The van der Waals surface area contributed by atoms with Gasteiger partial charge in [-0.05, 0) is 35.9 Å². The van der Waals surface area contributed by atoms with Gasteiger partial charge in [0.2, 0.25) is 0 Å². The molecule has 6 nitrogen and oxygen atoms in total. The summed E-state index contributed by atoms with van der Waals surface area (Å²) >= 11 is 0. The van der Waals surface area contributed by atoms with Crippen molar-refractivity contribution in [3.05, 3.63) is 53.6 Å². The first-order valence-electron chi connectivity index (χ1n) is 9.13. The highest BCUT2D eigenvalue weighted by molar-refractivity contribution is 6.03. The molecule has 1 aliphatic heterocycles. The van der Waals surface area contributed by atoms with Gasteiger partial charge in [-0.1, -0.05) is 32.9 Å². The van der Waals surface area contributed by atoms with Crippen molar-refractivity contribution >= 4 is 17.4 Å². The van der Waals surface area contributed by atoms with Gasteiger partial charge in [0.1, 0.15) is 18.1 Å². The van der Waals surface area contributed by atoms with Crippen molar-refractivity contribution in [2.24, 2.45) is 5.41 Å². The third-order valence-electron chi connectivity index (χ3n) is 4.74. The largest absolute Gasteiger partial charge is 0.497 e. The summed E-state index contributed by atoms with van der Waals surface area (Å²) in [7, 11) is 1.60. The van der Waals surface area contributed by atoms with E-state index in [1.165, 1.54) is 0 Å². The van der Waals surface area contributed by atoms with Gasteiger partial charge in [-0.15, -0.1) is 0 Å². The second-order valence-electron chi connectivity index (χ2n) is 7.90. The van der Waals surface area contributed by atoms with E-state index < -0.39 is 23.9 Å². The maximum atomic E-state index is 13.3. The first kappa shape index (κ1) is 19.9. The Bertz CT molecular complexity index is 883.